The van der Waals surface area contributed by atoms with Crippen LogP contribution in [0.2, 0.25) is 0 Å². The topological polar surface area (TPSA) is 34.1 Å². The summed E-state index contributed by atoms with van der Waals surface area (Å²) in [5, 5.41) is 3.57. The molecule has 5 unspecified atom stereocenters. The molecule has 1 aromatic rings. The molecule has 0 radical (unpaired) electrons. The monoisotopic (exact) mass is 286 g/mol. The van der Waals surface area contributed by atoms with Gasteiger partial charge in [0.2, 0.25) is 0 Å². The van der Waals surface area contributed by atoms with Crippen molar-refractivity contribution >= 4 is 0 Å². The number of hydrogen-bond acceptors (Lipinski definition) is 3. The van der Waals surface area contributed by atoms with Crippen LogP contribution in [0.3, 0.4) is 0 Å². The maximum atomic E-state index is 5.75. The largest absolute Gasteiger partial charge is 0.492 e. The van der Waals surface area contributed by atoms with Gasteiger partial charge in [0.1, 0.15) is 5.75 Å². The maximum absolute atomic E-state index is 5.75. The summed E-state index contributed by atoms with van der Waals surface area (Å²) in [5.74, 6) is 5.78. The lowest BCUT2D eigenvalue weighted by Crippen LogP contribution is -2.22. The molecule has 3 saturated carbocycles. The SMILES string of the molecule is CCCOc1cncc(C(NC)C2C3C4CCC(C4)C32)c1. The molecular weight excluding hydrogens is 260 g/mol. The summed E-state index contributed by atoms with van der Waals surface area (Å²) < 4.78 is 5.75. The zero-order chi connectivity index (χ0) is 14.4. The molecule has 1 heterocycles. The Bertz CT molecular complexity index is 502. The molecule has 0 aromatic carbocycles. The van der Waals surface area contributed by atoms with Crippen molar-refractivity contribution in [2.24, 2.45) is 29.6 Å². The standard InChI is InChI=1S/C18H26N2O/c1-3-6-21-14-8-13(9-20-10-14)18(19-2)17-15-11-4-5-12(7-11)16(15)17/h8-12,15-19H,3-7H2,1-2H3. The first-order chi connectivity index (χ1) is 10.3. The Balaban J connectivity index is 1.52. The van der Waals surface area contributed by atoms with Crippen molar-refractivity contribution in [3.8, 4) is 5.75 Å². The predicted molar refractivity (Wildman–Crippen MR) is 83.1 cm³/mol. The Labute approximate surface area is 127 Å². The fourth-order valence-corrected chi connectivity index (χ4v) is 5.32. The van der Waals surface area contributed by atoms with Gasteiger partial charge < -0.3 is 10.1 Å². The molecule has 0 saturated heterocycles. The summed E-state index contributed by atoms with van der Waals surface area (Å²) in [6, 6.07) is 2.65. The summed E-state index contributed by atoms with van der Waals surface area (Å²) >= 11 is 0. The molecule has 3 aliphatic rings. The van der Waals surface area contributed by atoms with Gasteiger partial charge in [-0.25, -0.2) is 0 Å². The second kappa shape index (κ2) is 5.28. The molecule has 3 heteroatoms. The van der Waals surface area contributed by atoms with Gasteiger partial charge in [-0.3, -0.25) is 4.98 Å². The number of aromatic nitrogens is 1. The van der Waals surface area contributed by atoms with Crippen LogP contribution in [0.1, 0.15) is 44.2 Å². The maximum Gasteiger partial charge on any atom is 0.137 e. The number of fused-ring (bicyclic) bond motifs is 5. The van der Waals surface area contributed by atoms with E-state index in [2.05, 4.69) is 30.3 Å². The molecule has 2 bridgehead atoms. The molecule has 0 amide bonds. The number of pyridine rings is 1. The van der Waals surface area contributed by atoms with E-state index in [-0.39, 0.29) is 0 Å². The minimum absolute atomic E-state index is 0.459. The van der Waals surface area contributed by atoms with Crippen molar-refractivity contribution < 1.29 is 4.74 Å². The van der Waals surface area contributed by atoms with Crippen LogP contribution in [0.25, 0.3) is 0 Å². The molecule has 4 rings (SSSR count). The van der Waals surface area contributed by atoms with Crippen molar-refractivity contribution in [3.05, 3.63) is 24.0 Å². The van der Waals surface area contributed by atoms with Crippen LogP contribution in [0.5, 0.6) is 5.75 Å². The average Bonchev–Trinajstić information content (AvgIpc) is 2.93. The number of nitrogens with zero attached hydrogens (tertiary/aromatic N) is 1. The van der Waals surface area contributed by atoms with Crippen LogP contribution in [-0.4, -0.2) is 18.6 Å². The van der Waals surface area contributed by atoms with Gasteiger partial charge in [-0.15, -0.1) is 0 Å². The van der Waals surface area contributed by atoms with Crippen molar-refractivity contribution in [1.82, 2.24) is 10.3 Å². The van der Waals surface area contributed by atoms with E-state index in [9.17, 15) is 0 Å². The van der Waals surface area contributed by atoms with Crippen molar-refractivity contribution in [3.63, 3.8) is 0 Å². The zero-order valence-electron chi connectivity index (χ0n) is 13.1. The van der Waals surface area contributed by atoms with Gasteiger partial charge in [-0.05, 0) is 74.0 Å². The van der Waals surface area contributed by atoms with Crippen molar-refractivity contribution in [2.45, 2.75) is 38.6 Å². The van der Waals surface area contributed by atoms with Crippen LogP contribution in [0.15, 0.2) is 18.5 Å². The Kier molecular flexibility index (Phi) is 3.41. The third-order valence-corrected chi connectivity index (χ3v) is 6.06. The third kappa shape index (κ3) is 2.17. The molecule has 3 nitrogen and oxygen atoms in total. The second-order valence-electron chi connectivity index (χ2n) is 7.13. The number of rotatable bonds is 6. The zero-order valence-corrected chi connectivity index (χ0v) is 13.1. The highest BCUT2D eigenvalue weighted by molar-refractivity contribution is 5.30. The molecule has 5 atom stereocenters. The molecule has 21 heavy (non-hydrogen) atoms. The smallest absolute Gasteiger partial charge is 0.137 e. The van der Waals surface area contributed by atoms with Crippen LogP contribution < -0.4 is 10.1 Å². The van der Waals surface area contributed by atoms with Gasteiger partial charge in [0.25, 0.3) is 0 Å². The van der Waals surface area contributed by atoms with Crippen LogP contribution >= 0.6 is 0 Å². The van der Waals surface area contributed by atoms with Gasteiger partial charge in [-0.2, -0.15) is 0 Å². The van der Waals surface area contributed by atoms with E-state index in [0.717, 1.165) is 48.4 Å². The lowest BCUT2D eigenvalue weighted by Gasteiger charge is -2.20. The highest BCUT2D eigenvalue weighted by atomic mass is 16.5. The Morgan fingerprint density at radius 1 is 1.29 bits per heavy atom. The predicted octanol–water partition coefficient (Wildman–Crippen LogP) is 3.42. The van der Waals surface area contributed by atoms with E-state index in [4.69, 9.17) is 4.74 Å². The number of nitrogens with one attached hydrogen (secondary N) is 1. The van der Waals surface area contributed by atoms with Gasteiger partial charge in [-0.1, -0.05) is 6.92 Å². The lowest BCUT2D eigenvalue weighted by atomic mass is 9.94. The van der Waals surface area contributed by atoms with Gasteiger partial charge >= 0.3 is 0 Å². The molecule has 3 aliphatic carbocycles. The third-order valence-electron chi connectivity index (χ3n) is 6.06. The quantitative estimate of drug-likeness (QED) is 0.870. The van der Waals surface area contributed by atoms with E-state index in [0.29, 0.717) is 6.04 Å². The molecule has 114 valence electrons. The normalized spacial score (nSPS) is 37.3. The first kappa shape index (κ1) is 13.6. The Morgan fingerprint density at radius 3 is 2.71 bits per heavy atom. The molecular formula is C18H26N2O. The minimum atomic E-state index is 0.459. The molecule has 0 spiro atoms. The van der Waals surface area contributed by atoms with Crippen molar-refractivity contribution in [2.75, 3.05) is 13.7 Å². The fraction of sp³-hybridized carbons (Fsp3) is 0.722. The molecule has 1 N–H and O–H groups in total. The molecule has 3 fully saturated rings. The summed E-state index contributed by atoms with van der Waals surface area (Å²) in [5.41, 5.74) is 1.31. The van der Waals surface area contributed by atoms with Crippen LogP contribution in [-0.2, 0) is 0 Å². The number of ether oxygens (including phenoxy) is 1. The minimum Gasteiger partial charge on any atom is -0.492 e. The summed E-state index contributed by atoms with van der Waals surface area (Å²) in [6.45, 7) is 2.91. The first-order valence-electron chi connectivity index (χ1n) is 8.58. The molecule has 1 aromatic heterocycles. The fourth-order valence-electron chi connectivity index (χ4n) is 5.32. The lowest BCUT2D eigenvalue weighted by molar-refractivity contribution is 0.314. The summed E-state index contributed by atoms with van der Waals surface area (Å²) in [6.07, 6.45) is 9.38. The van der Waals surface area contributed by atoms with E-state index in [1.54, 1.807) is 0 Å². The van der Waals surface area contributed by atoms with Gasteiger partial charge in [0, 0.05) is 12.2 Å². The average molecular weight is 286 g/mol. The van der Waals surface area contributed by atoms with Crippen LogP contribution in [0.4, 0.5) is 0 Å². The second-order valence-corrected chi connectivity index (χ2v) is 7.13. The van der Waals surface area contributed by atoms with Crippen molar-refractivity contribution in [1.29, 1.82) is 0 Å². The van der Waals surface area contributed by atoms with Gasteiger partial charge in [0.05, 0.1) is 12.8 Å². The Morgan fingerprint density at radius 2 is 2.05 bits per heavy atom. The van der Waals surface area contributed by atoms with E-state index >= 15 is 0 Å². The summed E-state index contributed by atoms with van der Waals surface area (Å²) in [7, 11) is 2.10. The highest BCUT2D eigenvalue weighted by Gasteiger charge is 2.66. The molecule has 0 aliphatic heterocycles. The highest BCUT2D eigenvalue weighted by Crippen LogP contribution is 2.72. The first-order valence-corrected chi connectivity index (χ1v) is 8.58. The number of hydrogen-bond donors (Lipinski definition) is 1. The van der Waals surface area contributed by atoms with E-state index in [1.165, 1.54) is 24.8 Å². The summed E-state index contributed by atoms with van der Waals surface area (Å²) in [4.78, 5) is 4.40. The van der Waals surface area contributed by atoms with E-state index < -0.39 is 0 Å². The van der Waals surface area contributed by atoms with Gasteiger partial charge in [0.15, 0.2) is 0 Å². The van der Waals surface area contributed by atoms with E-state index in [1.807, 2.05) is 12.4 Å². The van der Waals surface area contributed by atoms with Crippen LogP contribution in [0, 0.1) is 29.6 Å². The Hall–Kier alpha value is -1.09.